The maximum Gasteiger partial charge on any atom is 0.168 e. The van der Waals surface area contributed by atoms with Crippen molar-refractivity contribution in [3.05, 3.63) is 102 Å². The summed E-state index contributed by atoms with van der Waals surface area (Å²) in [5, 5.41) is 18.2. The summed E-state index contributed by atoms with van der Waals surface area (Å²) in [6.07, 6.45) is 3.91. The maximum absolute atomic E-state index is 6.67. The van der Waals surface area contributed by atoms with Crippen LogP contribution in [0, 0.1) is 0 Å². The van der Waals surface area contributed by atoms with E-state index in [0.29, 0.717) is 10.0 Å². The fourth-order valence-electron chi connectivity index (χ4n) is 4.83. The van der Waals surface area contributed by atoms with E-state index in [1.807, 2.05) is 41.1 Å². The van der Waals surface area contributed by atoms with Crippen LogP contribution in [-0.2, 0) is 18.3 Å². The smallest absolute Gasteiger partial charge is 0.168 e. The van der Waals surface area contributed by atoms with Crippen molar-refractivity contribution in [3.63, 3.8) is 0 Å². The van der Waals surface area contributed by atoms with Gasteiger partial charge in [-0.3, -0.25) is 0 Å². The Labute approximate surface area is 248 Å². The highest BCUT2D eigenvalue weighted by Crippen LogP contribution is 2.52. The zero-order valence-corrected chi connectivity index (χ0v) is 25.1. The Morgan fingerprint density at radius 2 is 1.63 bits per heavy atom. The van der Waals surface area contributed by atoms with E-state index in [1.165, 1.54) is 5.56 Å². The van der Waals surface area contributed by atoms with E-state index in [1.54, 1.807) is 17.4 Å². The molecule has 2 aromatic heterocycles. The highest BCUT2D eigenvalue weighted by molar-refractivity contribution is 9.10. The zero-order valence-electron chi connectivity index (χ0n) is 20.4. The quantitative estimate of drug-likeness (QED) is 0.177. The summed E-state index contributed by atoms with van der Waals surface area (Å²) in [4.78, 5) is 0. The first-order chi connectivity index (χ1) is 18.4. The molecule has 0 aliphatic heterocycles. The zero-order chi connectivity index (χ0) is 26.4. The van der Waals surface area contributed by atoms with Crippen molar-refractivity contribution in [2.24, 2.45) is 0 Å². The van der Waals surface area contributed by atoms with Crippen molar-refractivity contribution < 1.29 is 0 Å². The molecule has 0 amide bonds. The molecule has 0 N–H and O–H groups in total. The lowest BCUT2D eigenvalue weighted by Gasteiger charge is -2.11. The molecule has 1 fully saturated rings. The van der Waals surface area contributed by atoms with Gasteiger partial charge in [-0.15, -0.1) is 10.2 Å². The Hall–Kier alpha value is -2.22. The lowest BCUT2D eigenvalue weighted by Crippen LogP contribution is -2.10. The summed E-state index contributed by atoms with van der Waals surface area (Å²) in [5.41, 5.74) is 6.02. The van der Waals surface area contributed by atoms with Gasteiger partial charge in [0.2, 0.25) is 0 Å². The number of hydrogen-bond acceptors (Lipinski definition) is 4. The van der Waals surface area contributed by atoms with Crippen LogP contribution in [0.1, 0.15) is 35.9 Å². The predicted octanol–water partition coefficient (Wildman–Crippen LogP) is 9.62. The average molecular weight is 645 g/mol. The van der Waals surface area contributed by atoms with Crippen molar-refractivity contribution in [1.29, 1.82) is 0 Å². The average Bonchev–Trinajstić information content (AvgIpc) is 3.33. The first-order valence-corrected chi connectivity index (χ1v) is 15.0. The number of hydrogen-bond donors (Lipinski definition) is 0. The molecule has 1 aliphatic rings. The van der Waals surface area contributed by atoms with E-state index in [4.69, 9.17) is 39.9 Å². The molecule has 4 nitrogen and oxygen atoms in total. The van der Waals surface area contributed by atoms with E-state index >= 15 is 0 Å². The summed E-state index contributed by atoms with van der Waals surface area (Å²) >= 11 is 24.2. The minimum absolute atomic E-state index is 0.0344. The van der Waals surface area contributed by atoms with E-state index in [0.717, 1.165) is 73.4 Å². The third-order valence-corrected chi connectivity index (χ3v) is 9.48. The summed E-state index contributed by atoms with van der Waals surface area (Å²) in [6.45, 7) is 2.14. The van der Waals surface area contributed by atoms with Gasteiger partial charge in [-0.2, -0.15) is 5.10 Å². The second-order valence-corrected chi connectivity index (χ2v) is 12.7. The molecule has 2 heterocycles. The highest BCUT2D eigenvalue weighted by Gasteiger charge is 2.47. The van der Waals surface area contributed by atoms with Crippen LogP contribution in [0.4, 0.5) is 0 Å². The van der Waals surface area contributed by atoms with Crippen LogP contribution in [-0.4, -0.2) is 20.0 Å². The van der Waals surface area contributed by atoms with Crippen molar-refractivity contribution in [2.45, 2.75) is 38.0 Å². The Morgan fingerprint density at radius 3 is 2.29 bits per heavy atom. The molecule has 5 aromatic rings. The van der Waals surface area contributed by atoms with Crippen LogP contribution < -0.4 is 0 Å². The Balaban J connectivity index is 1.45. The van der Waals surface area contributed by atoms with Gasteiger partial charge in [-0.25, -0.2) is 4.68 Å². The summed E-state index contributed by atoms with van der Waals surface area (Å²) in [6, 6.07) is 21.8. The maximum atomic E-state index is 6.67. The lowest BCUT2D eigenvalue weighted by atomic mass is 9.97. The van der Waals surface area contributed by atoms with Crippen LogP contribution >= 0.6 is 62.1 Å². The fraction of sp³-hybridized carbons (Fsp3) is 0.207. The molecule has 9 heteroatoms. The van der Waals surface area contributed by atoms with Gasteiger partial charge in [0.25, 0.3) is 0 Å². The summed E-state index contributed by atoms with van der Waals surface area (Å²) in [7, 11) is 0. The minimum atomic E-state index is 0.0344. The molecule has 192 valence electrons. The Morgan fingerprint density at radius 1 is 0.921 bits per heavy atom. The topological polar surface area (TPSA) is 43.6 Å². The molecular weight excluding hydrogens is 623 g/mol. The molecule has 0 unspecified atom stereocenters. The Bertz CT molecular complexity index is 1620. The van der Waals surface area contributed by atoms with Gasteiger partial charge in [0.1, 0.15) is 10.7 Å². The number of halogens is 4. The van der Waals surface area contributed by atoms with Crippen LogP contribution in [0.25, 0.3) is 27.6 Å². The van der Waals surface area contributed by atoms with Gasteiger partial charge < -0.3 is 0 Å². The van der Waals surface area contributed by atoms with Gasteiger partial charge >= 0.3 is 0 Å². The number of aromatic nitrogens is 4. The normalized spacial score (nSPS) is 14.1. The molecule has 0 spiro atoms. The standard InChI is InChI=1S/C29H22BrCl3N4S/c1-2-22-25(27-34-35-28(38-27)29(13-14-29)16-17-3-9-20(31)10-4-17)36-37(24-12-11-21(32)15-23(24)33)26(22)18-5-7-19(30)8-6-18/h3-12,15H,2,13-14,16H2,1H3. The van der Waals surface area contributed by atoms with Crippen LogP contribution in [0.3, 0.4) is 0 Å². The third-order valence-electron chi connectivity index (χ3n) is 6.98. The Kier molecular flexibility index (Phi) is 7.12. The summed E-state index contributed by atoms with van der Waals surface area (Å²) < 4.78 is 2.93. The minimum Gasteiger partial charge on any atom is -0.231 e. The number of nitrogens with zero attached hydrogens (tertiary/aromatic N) is 4. The van der Waals surface area contributed by atoms with Gasteiger partial charge in [-0.1, -0.05) is 93.3 Å². The van der Waals surface area contributed by atoms with Crippen molar-refractivity contribution in [2.75, 3.05) is 0 Å². The van der Waals surface area contributed by atoms with Crippen LogP contribution in [0.15, 0.2) is 71.2 Å². The molecule has 38 heavy (non-hydrogen) atoms. The van der Waals surface area contributed by atoms with Gasteiger partial charge in [0.05, 0.1) is 16.4 Å². The molecule has 3 aromatic carbocycles. The third kappa shape index (κ3) is 4.93. The van der Waals surface area contributed by atoms with Crippen molar-refractivity contribution in [1.82, 2.24) is 20.0 Å². The van der Waals surface area contributed by atoms with E-state index in [9.17, 15) is 0 Å². The SMILES string of the molecule is CCc1c(-c2nnc(C3(Cc4ccc(Cl)cc4)CC3)s2)nn(-c2ccc(Cl)cc2Cl)c1-c1ccc(Br)cc1. The predicted molar refractivity (Wildman–Crippen MR) is 161 cm³/mol. The summed E-state index contributed by atoms with van der Waals surface area (Å²) in [5.74, 6) is 0. The molecular formula is C29H22BrCl3N4S. The first-order valence-electron chi connectivity index (χ1n) is 12.3. The molecule has 1 saturated carbocycles. The van der Waals surface area contributed by atoms with E-state index < -0.39 is 0 Å². The monoisotopic (exact) mass is 642 g/mol. The molecule has 0 bridgehead atoms. The van der Waals surface area contributed by atoms with Crippen LogP contribution in [0.2, 0.25) is 15.1 Å². The highest BCUT2D eigenvalue weighted by atomic mass is 79.9. The largest absolute Gasteiger partial charge is 0.231 e. The molecule has 1 aliphatic carbocycles. The number of benzene rings is 3. The molecule has 6 rings (SSSR count). The molecule has 0 saturated heterocycles. The van der Waals surface area contributed by atoms with Crippen LogP contribution in [0.5, 0.6) is 0 Å². The second-order valence-electron chi connectivity index (χ2n) is 9.54. The van der Waals surface area contributed by atoms with Crippen molar-refractivity contribution in [3.8, 4) is 27.6 Å². The van der Waals surface area contributed by atoms with Gasteiger partial charge in [0.15, 0.2) is 5.01 Å². The molecule has 0 radical (unpaired) electrons. The lowest BCUT2D eigenvalue weighted by molar-refractivity contribution is 0.670. The number of rotatable bonds is 7. The fourth-order valence-corrected chi connectivity index (χ4v) is 6.81. The second kappa shape index (κ2) is 10.4. The van der Waals surface area contributed by atoms with Gasteiger partial charge in [-0.05, 0) is 73.7 Å². The van der Waals surface area contributed by atoms with E-state index in [-0.39, 0.29) is 5.41 Å². The van der Waals surface area contributed by atoms with E-state index in [2.05, 4.69) is 57.3 Å². The first kappa shape index (κ1) is 26.0. The molecule has 0 atom stereocenters. The van der Waals surface area contributed by atoms with Crippen molar-refractivity contribution >= 4 is 62.1 Å². The van der Waals surface area contributed by atoms with Gasteiger partial charge in [0, 0.05) is 31.1 Å².